The van der Waals surface area contributed by atoms with Crippen LogP contribution in [0.5, 0.6) is 5.75 Å². The Balaban J connectivity index is 1.51. The zero-order valence-electron chi connectivity index (χ0n) is 16.1. The highest BCUT2D eigenvalue weighted by atomic mass is 32.1. The van der Waals surface area contributed by atoms with Crippen molar-refractivity contribution in [1.82, 2.24) is 10.3 Å². The molecule has 2 aromatic carbocycles. The van der Waals surface area contributed by atoms with Crippen LogP contribution in [-0.2, 0) is 6.42 Å². The van der Waals surface area contributed by atoms with Crippen molar-refractivity contribution in [2.45, 2.75) is 19.1 Å². The van der Waals surface area contributed by atoms with Crippen molar-refractivity contribution in [3.63, 3.8) is 0 Å². The maximum absolute atomic E-state index is 9.27. The lowest BCUT2D eigenvalue weighted by atomic mass is 10.1. The Kier molecular flexibility index (Phi) is 5.84. The average molecular weight is 404 g/mol. The third-order valence-electron chi connectivity index (χ3n) is 4.70. The molecule has 0 fully saturated rings. The molecule has 0 spiro atoms. The Morgan fingerprint density at radius 3 is 2.79 bits per heavy atom. The average Bonchev–Trinajstić information content (AvgIpc) is 3.18. The minimum absolute atomic E-state index is 0.290. The molecule has 0 saturated heterocycles. The van der Waals surface area contributed by atoms with Gasteiger partial charge in [0.25, 0.3) is 0 Å². The molecule has 1 N–H and O–H groups in total. The second-order valence-corrected chi connectivity index (χ2v) is 7.56. The highest BCUT2D eigenvalue weighted by Crippen LogP contribution is 2.33. The molecule has 0 bridgehead atoms. The van der Waals surface area contributed by atoms with E-state index in [1.165, 1.54) is 5.56 Å². The normalized spacial score (nSPS) is 15.9. The largest absolute Gasteiger partial charge is 0.497 e. The summed E-state index contributed by atoms with van der Waals surface area (Å²) in [4.78, 5) is 11.4. The molecule has 4 rings (SSSR count). The van der Waals surface area contributed by atoms with Crippen molar-refractivity contribution >= 4 is 32.9 Å². The summed E-state index contributed by atoms with van der Waals surface area (Å²) in [5.74, 6) is 0.854. The van der Waals surface area contributed by atoms with Crippen molar-refractivity contribution in [2.24, 2.45) is 4.99 Å². The minimum Gasteiger partial charge on any atom is -0.497 e. The molecule has 0 aliphatic carbocycles. The van der Waals surface area contributed by atoms with Gasteiger partial charge in [-0.15, -0.1) is 0 Å². The van der Waals surface area contributed by atoms with Crippen LogP contribution in [0.2, 0.25) is 0 Å². The number of ether oxygens (including phenoxy) is 1. The number of thiazole rings is 1. The third kappa shape index (κ3) is 4.29. The summed E-state index contributed by atoms with van der Waals surface area (Å²) in [7, 11) is 1.67. The Labute approximate surface area is 173 Å². The lowest BCUT2D eigenvalue weighted by Gasteiger charge is -2.32. The number of aliphatic imine (C=N–C) groups is 1. The standard InChI is InChI=1S/C22H21N5OS/c1-28-18-8-6-16(7-9-18)11-14-24-21-25-15-12-17(10-13-23)27(21)22-26-19-4-2-3-5-20(19)29-22/h2-9,12,15,21,24H,10-11,14H2,1H3. The number of hydrogen-bond acceptors (Lipinski definition) is 7. The third-order valence-corrected chi connectivity index (χ3v) is 5.73. The van der Waals surface area contributed by atoms with Gasteiger partial charge in [-0.2, -0.15) is 5.26 Å². The van der Waals surface area contributed by atoms with Crippen LogP contribution in [0.4, 0.5) is 5.13 Å². The van der Waals surface area contributed by atoms with Crippen LogP contribution in [0, 0.1) is 11.3 Å². The number of para-hydroxylation sites is 1. The Hall–Kier alpha value is -3.21. The summed E-state index contributed by atoms with van der Waals surface area (Å²) >= 11 is 1.61. The van der Waals surface area contributed by atoms with E-state index in [4.69, 9.17) is 9.72 Å². The van der Waals surface area contributed by atoms with Crippen molar-refractivity contribution in [3.8, 4) is 11.8 Å². The SMILES string of the molecule is COc1ccc(CCNC2N=CC=C(CC#N)N2c2nc3ccccc3s2)cc1. The molecule has 1 aliphatic rings. The number of methoxy groups -OCH3 is 1. The zero-order chi connectivity index (χ0) is 20.1. The maximum Gasteiger partial charge on any atom is 0.193 e. The van der Waals surface area contributed by atoms with Gasteiger partial charge >= 0.3 is 0 Å². The number of nitrogens with one attached hydrogen (secondary N) is 1. The summed E-state index contributed by atoms with van der Waals surface area (Å²) in [6.07, 6.45) is 4.53. The van der Waals surface area contributed by atoms with E-state index in [9.17, 15) is 5.26 Å². The molecule has 0 radical (unpaired) electrons. The van der Waals surface area contributed by atoms with Crippen LogP contribution in [0.1, 0.15) is 12.0 Å². The number of hydrogen-bond donors (Lipinski definition) is 1. The lowest BCUT2D eigenvalue weighted by molar-refractivity contribution is 0.414. The molecule has 29 heavy (non-hydrogen) atoms. The van der Waals surface area contributed by atoms with Gasteiger partial charge in [0.15, 0.2) is 11.4 Å². The molecule has 1 aromatic heterocycles. The van der Waals surface area contributed by atoms with Crippen LogP contribution in [0.15, 0.2) is 65.3 Å². The van der Waals surface area contributed by atoms with Gasteiger partial charge in [0.1, 0.15) is 5.75 Å². The molecule has 0 saturated carbocycles. The molecule has 7 heteroatoms. The van der Waals surface area contributed by atoms with Gasteiger partial charge in [-0.05, 0) is 42.3 Å². The predicted octanol–water partition coefficient (Wildman–Crippen LogP) is 4.11. The first-order chi connectivity index (χ1) is 14.3. The number of nitriles is 1. The first-order valence-electron chi connectivity index (χ1n) is 9.39. The maximum atomic E-state index is 9.27. The van der Waals surface area contributed by atoms with E-state index >= 15 is 0 Å². The van der Waals surface area contributed by atoms with Gasteiger partial charge < -0.3 is 4.74 Å². The van der Waals surface area contributed by atoms with Gasteiger partial charge in [-0.1, -0.05) is 35.6 Å². The van der Waals surface area contributed by atoms with Gasteiger partial charge in [0, 0.05) is 18.5 Å². The molecule has 1 aliphatic heterocycles. The number of allylic oxidation sites excluding steroid dienone is 2. The Morgan fingerprint density at radius 1 is 1.21 bits per heavy atom. The highest BCUT2D eigenvalue weighted by molar-refractivity contribution is 7.22. The summed E-state index contributed by atoms with van der Waals surface area (Å²) in [5.41, 5.74) is 3.07. The van der Waals surface area contributed by atoms with Gasteiger partial charge in [0.05, 0.1) is 29.8 Å². The van der Waals surface area contributed by atoms with E-state index in [0.717, 1.165) is 39.8 Å². The molecule has 2 heterocycles. The van der Waals surface area contributed by atoms with Crippen LogP contribution < -0.4 is 15.0 Å². The number of aromatic nitrogens is 1. The van der Waals surface area contributed by atoms with Crippen molar-refractivity contribution < 1.29 is 4.74 Å². The fraction of sp³-hybridized carbons (Fsp3) is 0.227. The Morgan fingerprint density at radius 2 is 2.03 bits per heavy atom. The first-order valence-corrected chi connectivity index (χ1v) is 10.2. The van der Waals surface area contributed by atoms with E-state index in [2.05, 4.69) is 34.6 Å². The first kappa shape index (κ1) is 19.1. The molecule has 1 atom stereocenters. The number of benzene rings is 2. The van der Waals surface area contributed by atoms with Crippen molar-refractivity contribution in [1.29, 1.82) is 5.26 Å². The molecule has 1 unspecified atom stereocenters. The second-order valence-electron chi connectivity index (χ2n) is 6.55. The monoisotopic (exact) mass is 403 g/mol. The van der Waals surface area contributed by atoms with Gasteiger partial charge in [-0.3, -0.25) is 15.2 Å². The molecule has 6 nitrogen and oxygen atoms in total. The van der Waals surface area contributed by atoms with Crippen molar-refractivity contribution in [3.05, 3.63) is 65.9 Å². The highest BCUT2D eigenvalue weighted by Gasteiger charge is 2.26. The van der Waals surface area contributed by atoms with Crippen molar-refractivity contribution in [2.75, 3.05) is 18.6 Å². The summed E-state index contributed by atoms with van der Waals surface area (Å²) < 4.78 is 6.33. The Bertz CT molecular complexity index is 1050. The molecular weight excluding hydrogens is 382 g/mol. The summed E-state index contributed by atoms with van der Waals surface area (Å²) in [6, 6.07) is 18.4. The predicted molar refractivity (Wildman–Crippen MR) is 117 cm³/mol. The van der Waals surface area contributed by atoms with E-state index in [1.807, 2.05) is 41.3 Å². The van der Waals surface area contributed by atoms with Crippen LogP contribution in [0.25, 0.3) is 10.2 Å². The number of fused-ring (bicyclic) bond motifs is 1. The number of rotatable bonds is 7. The number of anilines is 1. The van der Waals surface area contributed by atoms with Crippen LogP contribution >= 0.6 is 11.3 Å². The molecule has 3 aromatic rings. The topological polar surface area (TPSA) is 73.5 Å². The summed E-state index contributed by atoms with van der Waals surface area (Å²) in [5, 5.41) is 13.6. The minimum atomic E-state index is -0.290. The molecular formula is C22H21N5OS. The van der Waals surface area contributed by atoms with E-state index in [0.29, 0.717) is 6.42 Å². The van der Waals surface area contributed by atoms with E-state index in [1.54, 1.807) is 24.7 Å². The fourth-order valence-corrected chi connectivity index (χ4v) is 4.23. The molecule has 0 amide bonds. The smallest absolute Gasteiger partial charge is 0.193 e. The second kappa shape index (κ2) is 8.86. The van der Waals surface area contributed by atoms with E-state index in [-0.39, 0.29) is 6.29 Å². The van der Waals surface area contributed by atoms with Gasteiger partial charge in [0.2, 0.25) is 0 Å². The quantitative estimate of drug-likeness (QED) is 0.643. The summed E-state index contributed by atoms with van der Waals surface area (Å²) in [6.45, 7) is 0.746. The van der Waals surface area contributed by atoms with E-state index < -0.39 is 0 Å². The molecule has 146 valence electrons. The number of nitrogens with zero attached hydrogens (tertiary/aromatic N) is 4. The van der Waals surface area contributed by atoms with Gasteiger partial charge in [-0.25, -0.2) is 4.98 Å². The fourth-order valence-electron chi connectivity index (χ4n) is 3.21. The lowest BCUT2D eigenvalue weighted by Crippen LogP contribution is -2.46. The van der Waals surface area contributed by atoms with Crippen LogP contribution in [0.3, 0.4) is 0 Å². The zero-order valence-corrected chi connectivity index (χ0v) is 16.9. The van der Waals surface area contributed by atoms with Crippen LogP contribution in [-0.4, -0.2) is 31.1 Å².